The van der Waals surface area contributed by atoms with Gasteiger partial charge in [0.15, 0.2) is 5.11 Å². The van der Waals surface area contributed by atoms with Gasteiger partial charge in [-0.25, -0.2) is 0 Å². The maximum Gasteiger partial charge on any atom is 0.173 e. The lowest BCUT2D eigenvalue weighted by Crippen LogP contribution is -2.60. The van der Waals surface area contributed by atoms with Gasteiger partial charge in [0.1, 0.15) is 0 Å². The van der Waals surface area contributed by atoms with Crippen molar-refractivity contribution in [3.05, 3.63) is 54.1 Å². The van der Waals surface area contributed by atoms with Gasteiger partial charge in [-0.3, -0.25) is 4.90 Å². The van der Waals surface area contributed by atoms with Crippen molar-refractivity contribution in [2.24, 2.45) is 11.8 Å². The Labute approximate surface area is 185 Å². The number of thiocarbonyl (C=S) groups is 1. The molecule has 0 radical (unpaired) electrons. The van der Waals surface area contributed by atoms with E-state index in [1.54, 1.807) is 5.57 Å². The Kier molecular flexibility index (Phi) is 4.80. The van der Waals surface area contributed by atoms with Crippen LogP contribution in [0.25, 0.3) is 10.8 Å². The summed E-state index contributed by atoms with van der Waals surface area (Å²) in [6.07, 6.45) is 10.7. The lowest BCUT2D eigenvalue weighted by Gasteiger charge is -2.55. The molecule has 2 aromatic rings. The monoisotopic (exact) mass is 417 g/mol. The molecular formula is C26H31N3S. The fourth-order valence-corrected chi connectivity index (χ4v) is 7.04. The van der Waals surface area contributed by atoms with Gasteiger partial charge >= 0.3 is 0 Å². The molecule has 1 aliphatic carbocycles. The van der Waals surface area contributed by atoms with Crippen LogP contribution in [0.5, 0.6) is 0 Å². The van der Waals surface area contributed by atoms with E-state index in [0.29, 0.717) is 6.04 Å². The number of fused-ring (bicyclic) bond motifs is 7. The number of rotatable bonds is 1. The van der Waals surface area contributed by atoms with Crippen LogP contribution in [-0.2, 0) is 0 Å². The highest BCUT2D eigenvalue weighted by atomic mass is 32.1. The molecular weight excluding hydrogens is 386 g/mol. The number of benzene rings is 2. The number of piperidine rings is 3. The first kappa shape index (κ1) is 18.8. The molecule has 3 heterocycles. The second-order valence-electron chi connectivity index (χ2n) is 9.66. The molecule has 0 saturated carbocycles. The van der Waals surface area contributed by atoms with Crippen molar-refractivity contribution >= 4 is 33.8 Å². The molecule has 4 atom stereocenters. The van der Waals surface area contributed by atoms with Crippen LogP contribution in [0.15, 0.2) is 54.1 Å². The Hall–Kier alpha value is -1.91. The number of likely N-dealkylation sites (tertiary alicyclic amines) is 1. The molecule has 2 aromatic carbocycles. The standard InChI is InChI=1S/C26H31N3S/c30-26(27-23-11-5-8-18-7-1-2-10-22(18)23)29-14-6-9-19-15-20-16-21(25(19)29)17-28-13-4-3-12-24(20)28/h1-2,5,7-8,10-11,15,20-21,24-25H,3-4,6,9,12-14,16-17H2,(H,27,30)/t20?,21?,24-,25-/m1/s1. The number of hydrogen-bond donors (Lipinski definition) is 1. The number of nitrogens with one attached hydrogen (secondary N) is 1. The van der Waals surface area contributed by atoms with Gasteiger partial charge in [0.05, 0.1) is 6.04 Å². The first-order valence-corrected chi connectivity index (χ1v) is 12.2. The number of nitrogens with zero attached hydrogens (tertiary/aromatic N) is 2. The summed E-state index contributed by atoms with van der Waals surface area (Å²) in [5.41, 5.74) is 2.80. The van der Waals surface area contributed by atoms with E-state index in [0.717, 1.165) is 35.2 Å². The quantitative estimate of drug-likeness (QED) is 0.492. The SMILES string of the molecule is S=C(Nc1cccc2ccccc12)N1CCCC2=CC3CC(CN4CCCC[C@H]34)[C@@H]21. The van der Waals surface area contributed by atoms with Gasteiger partial charge in [0.25, 0.3) is 0 Å². The largest absolute Gasteiger partial charge is 0.342 e. The molecule has 1 N–H and O–H groups in total. The van der Waals surface area contributed by atoms with Crippen LogP contribution >= 0.6 is 12.2 Å². The predicted molar refractivity (Wildman–Crippen MR) is 129 cm³/mol. The van der Waals surface area contributed by atoms with Crippen LogP contribution in [0, 0.1) is 11.8 Å². The molecule has 30 heavy (non-hydrogen) atoms. The zero-order valence-electron chi connectivity index (χ0n) is 17.6. The summed E-state index contributed by atoms with van der Waals surface area (Å²) in [7, 11) is 0. The zero-order chi connectivity index (χ0) is 20.1. The van der Waals surface area contributed by atoms with Crippen LogP contribution in [0.3, 0.4) is 0 Å². The topological polar surface area (TPSA) is 18.5 Å². The summed E-state index contributed by atoms with van der Waals surface area (Å²) in [4.78, 5) is 5.33. The summed E-state index contributed by atoms with van der Waals surface area (Å²) < 4.78 is 0. The van der Waals surface area contributed by atoms with Crippen molar-refractivity contribution in [3.8, 4) is 0 Å². The van der Waals surface area contributed by atoms with E-state index in [9.17, 15) is 0 Å². The Morgan fingerprint density at radius 1 is 1.00 bits per heavy atom. The van der Waals surface area contributed by atoms with E-state index in [-0.39, 0.29) is 0 Å². The fraction of sp³-hybridized carbons (Fsp3) is 0.500. The third-order valence-electron chi connectivity index (χ3n) is 7.95. The van der Waals surface area contributed by atoms with Gasteiger partial charge in [-0.1, -0.05) is 54.5 Å². The third kappa shape index (κ3) is 3.16. The van der Waals surface area contributed by atoms with Crippen LogP contribution in [0.2, 0.25) is 0 Å². The van der Waals surface area contributed by atoms with E-state index < -0.39 is 0 Å². The smallest absolute Gasteiger partial charge is 0.173 e. The average Bonchev–Trinajstić information content (AvgIpc) is 2.79. The van der Waals surface area contributed by atoms with Crippen molar-refractivity contribution in [2.45, 2.75) is 50.6 Å². The lowest BCUT2D eigenvalue weighted by molar-refractivity contribution is 0.0132. The minimum Gasteiger partial charge on any atom is -0.342 e. The van der Waals surface area contributed by atoms with Crippen LogP contribution < -0.4 is 5.32 Å². The molecule has 2 bridgehead atoms. The molecule has 3 nitrogen and oxygen atoms in total. The van der Waals surface area contributed by atoms with Crippen molar-refractivity contribution in [1.29, 1.82) is 0 Å². The van der Waals surface area contributed by atoms with Gasteiger partial charge in [-0.2, -0.15) is 0 Å². The Morgan fingerprint density at radius 2 is 1.90 bits per heavy atom. The Bertz CT molecular complexity index is 993. The predicted octanol–water partition coefficient (Wildman–Crippen LogP) is 5.43. The van der Waals surface area contributed by atoms with Gasteiger partial charge in [0.2, 0.25) is 0 Å². The van der Waals surface area contributed by atoms with Crippen LogP contribution in [0.1, 0.15) is 38.5 Å². The van der Waals surface area contributed by atoms with E-state index >= 15 is 0 Å². The molecule has 3 fully saturated rings. The number of hydrogen-bond acceptors (Lipinski definition) is 2. The summed E-state index contributed by atoms with van der Waals surface area (Å²) in [5, 5.41) is 7.04. The van der Waals surface area contributed by atoms with Crippen molar-refractivity contribution in [1.82, 2.24) is 9.80 Å². The summed E-state index contributed by atoms with van der Waals surface area (Å²) in [6.45, 7) is 3.63. The second kappa shape index (κ2) is 7.65. The van der Waals surface area contributed by atoms with Gasteiger partial charge in [-0.05, 0) is 74.2 Å². The highest BCUT2D eigenvalue weighted by Gasteiger charge is 2.46. The van der Waals surface area contributed by atoms with Gasteiger partial charge in [-0.15, -0.1) is 0 Å². The first-order valence-electron chi connectivity index (χ1n) is 11.8. The average molecular weight is 418 g/mol. The molecule has 0 aromatic heterocycles. The molecule has 4 heteroatoms. The molecule has 6 rings (SSSR count). The summed E-state index contributed by atoms with van der Waals surface area (Å²) in [6, 6.07) is 16.3. The Morgan fingerprint density at radius 3 is 2.87 bits per heavy atom. The second-order valence-corrected chi connectivity index (χ2v) is 10.0. The highest BCUT2D eigenvalue weighted by Crippen LogP contribution is 2.45. The molecule has 3 saturated heterocycles. The molecule has 2 unspecified atom stereocenters. The highest BCUT2D eigenvalue weighted by molar-refractivity contribution is 7.80. The van der Waals surface area contributed by atoms with E-state index in [2.05, 4.69) is 63.7 Å². The summed E-state index contributed by atoms with van der Waals surface area (Å²) >= 11 is 6.02. The third-order valence-corrected chi connectivity index (χ3v) is 8.29. The zero-order valence-corrected chi connectivity index (χ0v) is 18.4. The van der Waals surface area contributed by atoms with Crippen molar-refractivity contribution in [3.63, 3.8) is 0 Å². The molecule has 0 spiro atoms. The Balaban J connectivity index is 1.28. The van der Waals surface area contributed by atoms with Crippen molar-refractivity contribution in [2.75, 3.05) is 25.0 Å². The maximum atomic E-state index is 6.02. The van der Waals surface area contributed by atoms with E-state index in [1.807, 2.05) is 0 Å². The minimum absolute atomic E-state index is 0.493. The van der Waals surface area contributed by atoms with E-state index in [1.165, 1.54) is 62.4 Å². The fourth-order valence-electron chi connectivity index (χ4n) is 6.72. The number of anilines is 1. The maximum absolute atomic E-state index is 6.02. The van der Waals surface area contributed by atoms with Gasteiger partial charge < -0.3 is 10.2 Å². The molecule has 4 aliphatic rings. The van der Waals surface area contributed by atoms with Crippen LogP contribution in [0.4, 0.5) is 5.69 Å². The minimum atomic E-state index is 0.493. The normalized spacial score (nSPS) is 30.9. The lowest BCUT2D eigenvalue weighted by atomic mass is 9.68. The van der Waals surface area contributed by atoms with Gasteiger partial charge in [0, 0.05) is 30.2 Å². The molecule has 0 amide bonds. The van der Waals surface area contributed by atoms with E-state index in [4.69, 9.17) is 12.2 Å². The molecule has 156 valence electrons. The molecule has 3 aliphatic heterocycles. The van der Waals surface area contributed by atoms with Crippen LogP contribution in [-0.4, -0.2) is 46.6 Å². The first-order chi connectivity index (χ1) is 14.8. The summed E-state index contributed by atoms with van der Waals surface area (Å²) in [5.74, 6) is 1.49. The van der Waals surface area contributed by atoms with Crippen molar-refractivity contribution < 1.29 is 0 Å².